The third-order valence-corrected chi connectivity index (χ3v) is 3.21. The molecule has 0 aromatic carbocycles. The summed E-state index contributed by atoms with van der Waals surface area (Å²) >= 11 is 1.11. The van der Waals surface area contributed by atoms with Gasteiger partial charge in [-0.25, -0.2) is 4.39 Å². The Hall–Kier alpha value is -0.560. The van der Waals surface area contributed by atoms with Crippen molar-refractivity contribution in [3.63, 3.8) is 0 Å². The largest absolute Gasteiger partial charge is 0.288 e. The molecule has 1 rings (SSSR count). The minimum absolute atomic E-state index is 0.00795. The lowest BCUT2D eigenvalue weighted by atomic mass is 10.1. The Kier molecular flexibility index (Phi) is 2.73. The molecular formula is C8H10FNOS. The smallest absolute Gasteiger partial charge is 0.185 e. The number of carbonyl (C=O) groups is 1. The van der Waals surface area contributed by atoms with Crippen molar-refractivity contribution >= 4 is 16.9 Å². The van der Waals surface area contributed by atoms with Crippen LogP contribution in [0.1, 0.15) is 19.8 Å². The summed E-state index contributed by atoms with van der Waals surface area (Å²) in [5.74, 6) is 0.455. The maximum Gasteiger partial charge on any atom is 0.185 e. The summed E-state index contributed by atoms with van der Waals surface area (Å²) in [5, 5.41) is 8.41. The first kappa shape index (κ1) is 9.53. The SMILES string of the molecule is CC(=O)SC[C@@]1(CC#N)CC1F. The monoisotopic (exact) mass is 187 g/mol. The molecule has 0 aromatic heterocycles. The topological polar surface area (TPSA) is 40.9 Å². The van der Waals surface area contributed by atoms with Crippen molar-refractivity contribution in [3.05, 3.63) is 0 Å². The van der Waals surface area contributed by atoms with Gasteiger partial charge in [0, 0.05) is 24.5 Å². The molecule has 1 fully saturated rings. The van der Waals surface area contributed by atoms with Crippen LogP contribution in [0.25, 0.3) is 0 Å². The molecule has 1 aliphatic carbocycles. The van der Waals surface area contributed by atoms with Gasteiger partial charge in [0.1, 0.15) is 6.17 Å². The number of hydrogen-bond donors (Lipinski definition) is 0. The van der Waals surface area contributed by atoms with Gasteiger partial charge in [-0.1, -0.05) is 11.8 Å². The van der Waals surface area contributed by atoms with E-state index in [2.05, 4.69) is 0 Å². The van der Waals surface area contributed by atoms with Crippen LogP contribution in [0.3, 0.4) is 0 Å². The number of carbonyl (C=O) groups excluding carboxylic acids is 1. The number of halogens is 1. The summed E-state index contributed by atoms with van der Waals surface area (Å²) in [6.07, 6.45) is -0.195. The molecule has 12 heavy (non-hydrogen) atoms. The van der Waals surface area contributed by atoms with Crippen LogP contribution in [0.15, 0.2) is 0 Å². The molecule has 0 amide bonds. The molecule has 1 saturated carbocycles. The zero-order valence-electron chi connectivity index (χ0n) is 6.84. The predicted octanol–water partition coefficient (Wildman–Crippen LogP) is 1.91. The van der Waals surface area contributed by atoms with E-state index >= 15 is 0 Å². The Morgan fingerprint density at radius 3 is 2.83 bits per heavy atom. The Balaban J connectivity index is 2.38. The summed E-state index contributed by atoms with van der Waals surface area (Å²) in [5.41, 5.74) is -0.495. The molecule has 2 atom stereocenters. The van der Waals surface area contributed by atoms with E-state index in [1.165, 1.54) is 6.92 Å². The summed E-state index contributed by atoms with van der Waals surface area (Å²) in [7, 11) is 0. The first-order chi connectivity index (χ1) is 5.60. The van der Waals surface area contributed by atoms with E-state index < -0.39 is 11.6 Å². The number of rotatable bonds is 3. The zero-order chi connectivity index (χ0) is 9.19. The van der Waals surface area contributed by atoms with E-state index in [1.54, 1.807) is 0 Å². The standard InChI is InChI=1S/C8H10FNOS/c1-6(11)12-5-8(2-3-10)4-7(8)9/h7H,2,4-5H2,1H3/t7?,8-/m1/s1. The number of thioether (sulfide) groups is 1. The van der Waals surface area contributed by atoms with Gasteiger partial charge in [0.05, 0.1) is 6.07 Å². The van der Waals surface area contributed by atoms with Gasteiger partial charge in [0.15, 0.2) is 5.12 Å². The van der Waals surface area contributed by atoms with Gasteiger partial charge in [-0.15, -0.1) is 0 Å². The highest BCUT2D eigenvalue weighted by Crippen LogP contribution is 2.53. The molecule has 0 heterocycles. The van der Waals surface area contributed by atoms with Crippen LogP contribution in [0.4, 0.5) is 4.39 Å². The lowest BCUT2D eigenvalue weighted by Gasteiger charge is -2.07. The average molecular weight is 187 g/mol. The number of nitriles is 1. The molecule has 0 aliphatic heterocycles. The second kappa shape index (κ2) is 3.44. The molecule has 0 N–H and O–H groups in total. The van der Waals surface area contributed by atoms with E-state index in [1.807, 2.05) is 6.07 Å². The fourth-order valence-electron chi connectivity index (χ4n) is 1.08. The van der Waals surface area contributed by atoms with Crippen LogP contribution in [-0.4, -0.2) is 17.0 Å². The minimum atomic E-state index is -0.871. The second-order valence-electron chi connectivity index (χ2n) is 3.15. The van der Waals surface area contributed by atoms with Gasteiger partial charge >= 0.3 is 0 Å². The third kappa shape index (κ3) is 1.98. The summed E-state index contributed by atoms with van der Waals surface area (Å²) < 4.78 is 12.8. The Bertz CT molecular complexity index is 238. The highest BCUT2D eigenvalue weighted by Gasteiger charge is 2.54. The van der Waals surface area contributed by atoms with Gasteiger partial charge in [0.25, 0.3) is 0 Å². The molecule has 2 nitrogen and oxygen atoms in total. The summed E-state index contributed by atoms with van der Waals surface area (Å²) in [4.78, 5) is 10.6. The van der Waals surface area contributed by atoms with Gasteiger partial charge in [0.2, 0.25) is 0 Å². The summed E-state index contributed by atoms with van der Waals surface area (Å²) in [6.45, 7) is 1.46. The van der Waals surface area contributed by atoms with Crippen LogP contribution in [0.2, 0.25) is 0 Å². The van der Waals surface area contributed by atoms with Crippen LogP contribution in [-0.2, 0) is 4.79 Å². The maximum atomic E-state index is 12.8. The van der Waals surface area contributed by atoms with Crippen LogP contribution >= 0.6 is 11.8 Å². The van der Waals surface area contributed by atoms with Crippen molar-refractivity contribution in [1.29, 1.82) is 5.26 Å². The molecule has 4 heteroatoms. The first-order valence-corrected chi connectivity index (χ1v) is 4.74. The van der Waals surface area contributed by atoms with E-state index in [0.29, 0.717) is 12.2 Å². The quantitative estimate of drug-likeness (QED) is 0.677. The first-order valence-electron chi connectivity index (χ1n) is 3.75. The Morgan fingerprint density at radius 1 is 1.92 bits per heavy atom. The zero-order valence-corrected chi connectivity index (χ0v) is 7.66. The molecule has 0 spiro atoms. The molecule has 0 saturated heterocycles. The van der Waals surface area contributed by atoms with Crippen molar-refractivity contribution in [2.75, 3.05) is 5.75 Å². The third-order valence-electron chi connectivity index (χ3n) is 2.08. The van der Waals surface area contributed by atoms with Crippen molar-refractivity contribution in [1.82, 2.24) is 0 Å². The highest BCUT2D eigenvalue weighted by atomic mass is 32.2. The Labute approximate surface area is 75.1 Å². The molecule has 1 aliphatic rings. The van der Waals surface area contributed by atoms with Gasteiger partial charge in [-0.3, -0.25) is 4.79 Å². The van der Waals surface area contributed by atoms with Gasteiger partial charge in [-0.2, -0.15) is 5.26 Å². The van der Waals surface area contributed by atoms with Crippen molar-refractivity contribution in [2.45, 2.75) is 25.9 Å². The molecule has 0 aromatic rings. The highest BCUT2D eigenvalue weighted by molar-refractivity contribution is 8.13. The number of nitrogens with zero attached hydrogens (tertiary/aromatic N) is 1. The Morgan fingerprint density at radius 2 is 2.50 bits per heavy atom. The van der Waals surface area contributed by atoms with Gasteiger partial charge in [-0.05, 0) is 6.42 Å². The maximum absolute atomic E-state index is 12.8. The molecule has 1 unspecified atom stereocenters. The van der Waals surface area contributed by atoms with Crippen molar-refractivity contribution in [2.24, 2.45) is 5.41 Å². The van der Waals surface area contributed by atoms with E-state index in [9.17, 15) is 9.18 Å². The lowest BCUT2D eigenvalue weighted by molar-refractivity contribution is -0.109. The van der Waals surface area contributed by atoms with Crippen LogP contribution in [0.5, 0.6) is 0 Å². The molecular weight excluding hydrogens is 177 g/mol. The van der Waals surface area contributed by atoms with E-state index in [0.717, 1.165) is 11.8 Å². The molecule has 0 radical (unpaired) electrons. The summed E-state index contributed by atoms with van der Waals surface area (Å²) in [6, 6.07) is 1.96. The minimum Gasteiger partial charge on any atom is -0.288 e. The fourth-order valence-corrected chi connectivity index (χ4v) is 1.98. The normalized spacial score (nSPS) is 32.6. The fraction of sp³-hybridized carbons (Fsp3) is 0.750. The van der Waals surface area contributed by atoms with Gasteiger partial charge < -0.3 is 0 Å². The van der Waals surface area contributed by atoms with E-state index in [4.69, 9.17) is 5.26 Å². The molecule has 66 valence electrons. The van der Waals surface area contributed by atoms with Crippen molar-refractivity contribution in [3.8, 4) is 6.07 Å². The van der Waals surface area contributed by atoms with Crippen LogP contribution in [0, 0.1) is 16.7 Å². The lowest BCUT2D eigenvalue weighted by Crippen LogP contribution is -2.08. The van der Waals surface area contributed by atoms with Crippen molar-refractivity contribution < 1.29 is 9.18 Å². The number of hydrogen-bond acceptors (Lipinski definition) is 3. The van der Waals surface area contributed by atoms with Crippen LogP contribution < -0.4 is 0 Å². The van der Waals surface area contributed by atoms with E-state index in [-0.39, 0.29) is 11.5 Å². The number of alkyl halides is 1. The second-order valence-corrected chi connectivity index (χ2v) is 4.30. The molecule has 0 bridgehead atoms. The average Bonchev–Trinajstić information content (AvgIpc) is 2.60. The predicted molar refractivity (Wildman–Crippen MR) is 45.3 cm³/mol.